The number of nitrogens with zero attached hydrogens (tertiary/aromatic N) is 3. The maximum absolute atomic E-state index is 12.6. The molecule has 2 aromatic carbocycles. The number of aromatic nitrogens is 2. The lowest BCUT2D eigenvalue weighted by molar-refractivity contribution is -0.121. The number of carbonyl (C=O) groups excluding carboxylic acids is 1. The molecule has 1 aromatic heterocycles. The van der Waals surface area contributed by atoms with Crippen LogP contribution >= 0.6 is 0 Å². The smallest absolute Gasteiger partial charge is 0.241 e. The summed E-state index contributed by atoms with van der Waals surface area (Å²) in [5, 5.41) is 7.16. The molecule has 30 heavy (non-hydrogen) atoms. The van der Waals surface area contributed by atoms with Crippen molar-refractivity contribution >= 4 is 11.6 Å². The Morgan fingerprint density at radius 1 is 1.17 bits per heavy atom. The number of rotatable bonds is 6. The average Bonchev–Trinajstić information content (AvgIpc) is 3.23. The van der Waals surface area contributed by atoms with Crippen LogP contribution in [0.4, 0.5) is 5.69 Å². The molecule has 0 spiro atoms. The van der Waals surface area contributed by atoms with Gasteiger partial charge < -0.3 is 9.84 Å². The summed E-state index contributed by atoms with van der Waals surface area (Å²) >= 11 is 0. The van der Waals surface area contributed by atoms with Gasteiger partial charge in [0.25, 0.3) is 0 Å². The van der Waals surface area contributed by atoms with E-state index in [0.29, 0.717) is 30.7 Å². The molecule has 0 unspecified atom stereocenters. The van der Waals surface area contributed by atoms with Crippen molar-refractivity contribution in [2.24, 2.45) is 5.92 Å². The fourth-order valence-corrected chi connectivity index (χ4v) is 3.82. The van der Waals surface area contributed by atoms with Crippen molar-refractivity contribution in [3.05, 3.63) is 66.1 Å². The van der Waals surface area contributed by atoms with Gasteiger partial charge in [0.2, 0.25) is 17.6 Å². The van der Waals surface area contributed by atoms with Crippen LogP contribution in [0.1, 0.15) is 44.1 Å². The summed E-state index contributed by atoms with van der Waals surface area (Å²) in [6.45, 7) is 6.53. The minimum Gasteiger partial charge on any atom is -0.338 e. The second-order valence-electron chi connectivity index (χ2n) is 8.22. The Morgan fingerprint density at radius 3 is 2.67 bits per heavy atom. The van der Waals surface area contributed by atoms with Gasteiger partial charge in [0.15, 0.2) is 0 Å². The topological polar surface area (TPSA) is 71.3 Å². The number of para-hydroxylation sites is 1. The lowest BCUT2D eigenvalue weighted by atomic mass is 9.97. The molecular weight excluding hydrogens is 376 g/mol. The Labute approximate surface area is 177 Å². The molecule has 1 atom stereocenters. The van der Waals surface area contributed by atoms with E-state index in [4.69, 9.17) is 4.52 Å². The van der Waals surface area contributed by atoms with Crippen molar-refractivity contribution in [3.8, 4) is 11.4 Å². The monoisotopic (exact) mass is 404 g/mol. The van der Waals surface area contributed by atoms with Crippen LogP contribution in [0.5, 0.6) is 0 Å². The second-order valence-corrected chi connectivity index (χ2v) is 8.22. The molecule has 4 rings (SSSR count). The normalized spacial score (nSPS) is 17.2. The van der Waals surface area contributed by atoms with E-state index in [-0.39, 0.29) is 11.8 Å². The maximum Gasteiger partial charge on any atom is 0.241 e. The SMILES string of the molecule is CC(C)c1ccc(-c2noc(CN3CCC[C@H](C(=O)Nc4ccccc4)C3)n2)cc1. The highest BCUT2D eigenvalue weighted by Gasteiger charge is 2.27. The molecule has 2 heterocycles. The van der Waals surface area contributed by atoms with E-state index in [1.807, 2.05) is 42.5 Å². The third kappa shape index (κ3) is 4.94. The van der Waals surface area contributed by atoms with Crippen molar-refractivity contribution in [2.45, 2.75) is 39.2 Å². The van der Waals surface area contributed by atoms with Crippen LogP contribution in [0.3, 0.4) is 0 Å². The van der Waals surface area contributed by atoms with E-state index in [2.05, 4.69) is 46.3 Å². The number of anilines is 1. The molecule has 0 radical (unpaired) electrons. The summed E-state index contributed by atoms with van der Waals surface area (Å²) < 4.78 is 5.49. The van der Waals surface area contributed by atoms with Gasteiger partial charge in [-0.3, -0.25) is 9.69 Å². The van der Waals surface area contributed by atoms with Gasteiger partial charge in [0.05, 0.1) is 12.5 Å². The number of carbonyl (C=O) groups is 1. The van der Waals surface area contributed by atoms with Crippen LogP contribution in [-0.4, -0.2) is 34.0 Å². The highest BCUT2D eigenvalue weighted by atomic mass is 16.5. The first-order valence-electron chi connectivity index (χ1n) is 10.6. The summed E-state index contributed by atoms with van der Waals surface area (Å²) in [4.78, 5) is 19.4. The first kappa shape index (κ1) is 20.3. The quantitative estimate of drug-likeness (QED) is 0.644. The van der Waals surface area contributed by atoms with Gasteiger partial charge in [0.1, 0.15) is 0 Å². The molecule has 0 bridgehead atoms. The first-order chi connectivity index (χ1) is 14.6. The summed E-state index contributed by atoms with van der Waals surface area (Å²) in [6, 6.07) is 17.9. The van der Waals surface area contributed by atoms with Gasteiger partial charge in [-0.2, -0.15) is 4.98 Å². The molecule has 1 aliphatic heterocycles. The predicted octanol–water partition coefficient (Wildman–Crippen LogP) is 4.71. The van der Waals surface area contributed by atoms with Gasteiger partial charge in [-0.05, 0) is 43.0 Å². The van der Waals surface area contributed by atoms with E-state index in [1.165, 1.54) is 5.56 Å². The van der Waals surface area contributed by atoms with E-state index in [0.717, 1.165) is 30.6 Å². The van der Waals surface area contributed by atoms with E-state index >= 15 is 0 Å². The molecule has 6 heteroatoms. The van der Waals surface area contributed by atoms with Crippen LogP contribution in [-0.2, 0) is 11.3 Å². The van der Waals surface area contributed by atoms with Crippen molar-refractivity contribution in [1.82, 2.24) is 15.0 Å². The van der Waals surface area contributed by atoms with Gasteiger partial charge in [-0.15, -0.1) is 0 Å². The summed E-state index contributed by atoms with van der Waals surface area (Å²) in [5.41, 5.74) is 3.08. The largest absolute Gasteiger partial charge is 0.338 e. The lowest BCUT2D eigenvalue weighted by Gasteiger charge is -2.30. The van der Waals surface area contributed by atoms with Gasteiger partial charge in [-0.25, -0.2) is 0 Å². The molecule has 1 amide bonds. The summed E-state index contributed by atoms with van der Waals surface area (Å²) in [5.74, 6) is 1.72. The Morgan fingerprint density at radius 2 is 1.93 bits per heavy atom. The van der Waals surface area contributed by atoms with E-state index in [1.54, 1.807) is 0 Å². The Balaban J connectivity index is 1.36. The highest BCUT2D eigenvalue weighted by Crippen LogP contribution is 2.23. The van der Waals surface area contributed by atoms with Crippen LogP contribution in [0, 0.1) is 5.92 Å². The Bertz CT molecular complexity index is 966. The highest BCUT2D eigenvalue weighted by molar-refractivity contribution is 5.92. The summed E-state index contributed by atoms with van der Waals surface area (Å²) in [6.07, 6.45) is 1.87. The van der Waals surface area contributed by atoms with Crippen LogP contribution < -0.4 is 5.32 Å². The fraction of sp³-hybridized carbons (Fsp3) is 0.375. The number of likely N-dealkylation sites (tertiary alicyclic amines) is 1. The van der Waals surface area contributed by atoms with Gasteiger partial charge in [0, 0.05) is 17.8 Å². The number of benzene rings is 2. The van der Waals surface area contributed by atoms with Crippen molar-refractivity contribution in [2.75, 3.05) is 18.4 Å². The van der Waals surface area contributed by atoms with Crippen LogP contribution in [0.2, 0.25) is 0 Å². The third-order valence-electron chi connectivity index (χ3n) is 5.58. The molecule has 3 aromatic rings. The summed E-state index contributed by atoms with van der Waals surface area (Å²) in [7, 11) is 0. The molecule has 0 aliphatic carbocycles. The first-order valence-corrected chi connectivity index (χ1v) is 10.6. The number of amides is 1. The zero-order valence-corrected chi connectivity index (χ0v) is 17.5. The number of hydrogen-bond acceptors (Lipinski definition) is 5. The number of hydrogen-bond donors (Lipinski definition) is 1. The zero-order chi connectivity index (χ0) is 20.9. The van der Waals surface area contributed by atoms with Crippen LogP contribution in [0.15, 0.2) is 59.1 Å². The fourth-order valence-electron chi connectivity index (χ4n) is 3.82. The molecular formula is C24H28N4O2. The predicted molar refractivity (Wildman–Crippen MR) is 117 cm³/mol. The van der Waals surface area contributed by atoms with Gasteiger partial charge >= 0.3 is 0 Å². The minimum atomic E-state index is -0.0371. The Hall–Kier alpha value is -2.99. The van der Waals surface area contributed by atoms with Crippen LogP contribution in [0.25, 0.3) is 11.4 Å². The maximum atomic E-state index is 12.6. The molecule has 6 nitrogen and oxygen atoms in total. The van der Waals surface area contributed by atoms with E-state index in [9.17, 15) is 4.79 Å². The minimum absolute atomic E-state index is 0.0371. The van der Waals surface area contributed by atoms with Crippen molar-refractivity contribution in [1.29, 1.82) is 0 Å². The average molecular weight is 405 g/mol. The Kier molecular flexibility index (Phi) is 6.23. The standard InChI is InChI=1S/C24H28N4O2/c1-17(2)18-10-12-19(13-11-18)23-26-22(30-27-23)16-28-14-6-7-20(15-28)24(29)25-21-8-4-3-5-9-21/h3-5,8-13,17,20H,6-7,14-16H2,1-2H3,(H,25,29)/t20-/m0/s1. The third-order valence-corrected chi connectivity index (χ3v) is 5.58. The lowest BCUT2D eigenvalue weighted by Crippen LogP contribution is -2.40. The molecule has 1 saturated heterocycles. The number of piperidine rings is 1. The van der Waals surface area contributed by atoms with Crippen molar-refractivity contribution in [3.63, 3.8) is 0 Å². The molecule has 1 aliphatic rings. The van der Waals surface area contributed by atoms with Gasteiger partial charge in [-0.1, -0.05) is 61.5 Å². The number of nitrogens with one attached hydrogen (secondary N) is 1. The molecule has 156 valence electrons. The molecule has 1 N–H and O–H groups in total. The zero-order valence-electron chi connectivity index (χ0n) is 17.5. The molecule has 1 fully saturated rings. The second kappa shape index (κ2) is 9.22. The van der Waals surface area contributed by atoms with Crippen molar-refractivity contribution < 1.29 is 9.32 Å². The molecule has 0 saturated carbocycles. The van der Waals surface area contributed by atoms with E-state index < -0.39 is 0 Å².